The van der Waals surface area contributed by atoms with Gasteiger partial charge in [-0.25, -0.2) is 4.68 Å². The van der Waals surface area contributed by atoms with E-state index in [2.05, 4.69) is 45.2 Å². The van der Waals surface area contributed by atoms with Crippen LogP contribution in [0.1, 0.15) is 26.7 Å². The molecule has 0 spiro atoms. The first-order valence-electron chi connectivity index (χ1n) is 7.13. The number of hydrogen-bond donors (Lipinski definition) is 1. The van der Waals surface area contributed by atoms with Gasteiger partial charge in [0.15, 0.2) is 0 Å². The van der Waals surface area contributed by atoms with Crippen LogP contribution in [0, 0.1) is 5.41 Å². The minimum Gasteiger partial charge on any atom is -0.382 e. The lowest BCUT2D eigenvalue weighted by Crippen LogP contribution is -2.40. The van der Waals surface area contributed by atoms with Gasteiger partial charge in [0.1, 0.15) is 4.47 Å². The van der Waals surface area contributed by atoms with E-state index >= 15 is 0 Å². The average Bonchev–Trinajstić information content (AvgIpc) is 2.44. The highest BCUT2D eigenvalue weighted by atomic mass is 79.9. The van der Waals surface area contributed by atoms with Crippen LogP contribution in [0.25, 0.3) is 0 Å². The van der Waals surface area contributed by atoms with E-state index in [0.717, 1.165) is 25.3 Å². The first-order chi connectivity index (χ1) is 9.45. The molecule has 1 fully saturated rings. The minimum atomic E-state index is -0.0777. The summed E-state index contributed by atoms with van der Waals surface area (Å²) in [6.45, 7) is 7.94. The Kier molecular flexibility index (Phi) is 4.86. The smallest absolute Gasteiger partial charge is 0.283 e. The number of anilines is 1. The highest BCUT2D eigenvalue weighted by Crippen LogP contribution is 2.31. The number of rotatable bonds is 4. The molecule has 1 aliphatic heterocycles. The molecular weight excluding hydrogens is 320 g/mol. The molecule has 0 saturated carbocycles. The minimum absolute atomic E-state index is 0.0777. The van der Waals surface area contributed by atoms with Gasteiger partial charge in [-0.2, -0.15) is 5.10 Å². The second kappa shape index (κ2) is 6.26. The van der Waals surface area contributed by atoms with Crippen molar-refractivity contribution in [2.45, 2.75) is 33.2 Å². The van der Waals surface area contributed by atoms with Crippen molar-refractivity contribution < 1.29 is 0 Å². The van der Waals surface area contributed by atoms with E-state index in [0.29, 0.717) is 11.0 Å². The number of likely N-dealkylation sites (tertiary alicyclic amines) is 1. The second-order valence-corrected chi connectivity index (χ2v) is 6.75. The first kappa shape index (κ1) is 15.5. The van der Waals surface area contributed by atoms with Gasteiger partial charge < -0.3 is 10.2 Å². The van der Waals surface area contributed by atoms with Crippen molar-refractivity contribution >= 4 is 21.6 Å². The molecule has 0 bridgehead atoms. The molecule has 0 radical (unpaired) electrons. The molecule has 112 valence electrons. The third-order valence-corrected chi connectivity index (χ3v) is 4.95. The Morgan fingerprint density at radius 3 is 2.70 bits per heavy atom. The molecule has 1 aromatic heterocycles. The first-order valence-corrected chi connectivity index (χ1v) is 7.92. The molecular formula is C14H23BrN4O. The lowest BCUT2D eigenvalue weighted by atomic mass is 9.80. The predicted octanol–water partition coefficient (Wildman–Crippen LogP) is 2.17. The maximum atomic E-state index is 12.0. The van der Waals surface area contributed by atoms with Gasteiger partial charge in [-0.3, -0.25) is 4.79 Å². The van der Waals surface area contributed by atoms with Crippen LogP contribution in [0.2, 0.25) is 0 Å². The largest absolute Gasteiger partial charge is 0.382 e. The van der Waals surface area contributed by atoms with E-state index in [-0.39, 0.29) is 11.0 Å². The van der Waals surface area contributed by atoms with Gasteiger partial charge in [0.25, 0.3) is 5.56 Å². The topological polar surface area (TPSA) is 50.2 Å². The van der Waals surface area contributed by atoms with Crippen LogP contribution in [0.5, 0.6) is 0 Å². The van der Waals surface area contributed by atoms with E-state index in [1.807, 2.05) is 6.92 Å². The third-order valence-electron chi connectivity index (χ3n) is 4.18. The molecule has 0 aromatic carbocycles. The van der Waals surface area contributed by atoms with Crippen molar-refractivity contribution in [2.75, 3.05) is 32.0 Å². The Morgan fingerprint density at radius 2 is 2.10 bits per heavy atom. The molecule has 6 heteroatoms. The molecule has 20 heavy (non-hydrogen) atoms. The van der Waals surface area contributed by atoms with E-state index in [9.17, 15) is 4.79 Å². The number of hydrogen-bond acceptors (Lipinski definition) is 4. The molecule has 1 aromatic rings. The van der Waals surface area contributed by atoms with Crippen molar-refractivity contribution in [1.82, 2.24) is 14.7 Å². The van der Waals surface area contributed by atoms with Crippen LogP contribution in [0.15, 0.2) is 15.5 Å². The summed E-state index contributed by atoms with van der Waals surface area (Å²) in [5.41, 5.74) is 0.997. The molecule has 0 aliphatic carbocycles. The zero-order valence-electron chi connectivity index (χ0n) is 12.4. The molecule has 0 unspecified atom stereocenters. The molecule has 2 rings (SSSR count). The van der Waals surface area contributed by atoms with E-state index < -0.39 is 0 Å². The van der Waals surface area contributed by atoms with Gasteiger partial charge >= 0.3 is 0 Å². The standard InChI is InChI=1S/C14H23BrN4O/c1-4-19-13(20)12(15)11(9-17-19)16-10-14(2)5-7-18(3)8-6-14/h9,16H,4-8,10H2,1-3H3. The highest BCUT2D eigenvalue weighted by Gasteiger charge is 2.28. The number of aromatic nitrogens is 2. The fraction of sp³-hybridized carbons (Fsp3) is 0.714. The number of piperidine rings is 1. The maximum Gasteiger partial charge on any atom is 0.283 e. The van der Waals surface area contributed by atoms with Crippen molar-refractivity contribution in [3.05, 3.63) is 21.0 Å². The van der Waals surface area contributed by atoms with Gasteiger partial charge in [-0.1, -0.05) is 6.92 Å². The summed E-state index contributed by atoms with van der Waals surface area (Å²) in [5.74, 6) is 0. The zero-order chi connectivity index (χ0) is 14.8. The van der Waals surface area contributed by atoms with Crippen LogP contribution in [-0.2, 0) is 6.54 Å². The van der Waals surface area contributed by atoms with Crippen LogP contribution >= 0.6 is 15.9 Å². The van der Waals surface area contributed by atoms with Crippen LogP contribution < -0.4 is 10.9 Å². The summed E-state index contributed by atoms with van der Waals surface area (Å²) >= 11 is 3.38. The summed E-state index contributed by atoms with van der Waals surface area (Å²) in [5, 5.41) is 7.55. The number of aryl methyl sites for hydroxylation is 1. The summed E-state index contributed by atoms with van der Waals surface area (Å²) < 4.78 is 2.03. The Bertz CT molecular complexity index is 520. The lowest BCUT2D eigenvalue weighted by Gasteiger charge is -2.38. The van der Waals surface area contributed by atoms with Crippen molar-refractivity contribution in [3.63, 3.8) is 0 Å². The number of halogens is 1. The van der Waals surface area contributed by atoms with Crippen molar-refractivity contribution in [2.24, 2.45) is 5.41 Å². The van der Waals surface area contributed by atoms with Crippen LogP contribution in [0.4, 0.5) is 5.69 Å². The van der Waals surface area contributed by atoms with Crippen LogP contribution in [0.3, 0.4) is 0 Å². The monoisotopic (exact) mass is 342 g/mol. The van der Waals surface area contributed by atoms with E-state index in [1.165, 1.54) is 17.5 Å². The molecule has 5 nitrogen and oxygen atoms in total. The van der Waals surface area contributed by atoms with Crippen molar-refractivity contribution in [1.29, 1.82) is 0 Å². The summed E-state index contributed by atoms with van der Waals surface area (Å²) in [6, 6.07) is 0. The van der Waals surface area contributed by atoms with E-state index in [4.69, 9.17) is 0 Å². The Labute approximate surface area is 128 Å². The average molecular weight is 343 g/mol. The van der Waals surface area contributed by atoms with Crippen molar-refractivity contribution in [3.8, 4) is 0 Å². The van der Waals surface area contributed by atoms with Gasteiger partial charge in [-0.05, 0) is 61.2 Å². The Hall–Kier alpha value is -0.880. The van der Waals surface area contributed by atoms with Gasteiger partial charge in [0.2, 0.25) is 0 Å². The van der Waals surface area contributed by atoms with Gasteiger partial charge in [-0.15, -0.1) is 0 Å². The molecule has 1 saturated heterocycles. The molecule has 2 heterocycles. The molecule has 0 amide bonds. The van der Waals surface area contributed by atoms with Gasteiger partial charge in [0, 0.05) is 13.1 Å². The number of nitrogens with zero attached hydrogens (tertiary/aromatic N) is 3. The molecule has 1 N–H and O–H groups in total. The summed E-state index contributed by atoms with van der Waals surface area (Å²) in [7, 11) is 2.16. The third kappa shape index (κ3) is 3.41. The molecule has 0 atom stereocenters. The maximum absolute atomic E-state index is 12.0. The fourth-order valence-electron chi connectivity index (χ4n) is 2.46. The summed E-state index contributed by atoms with van der Waals surface area (Å²) in [4.78, 5) is 14.4. The van der Waals surface area contributed by atoms with E-state index in [1.54, 1.807) is 6.20 Å². The Morgan fingerprint density at radius 1 is 1.45 bits per heavy atom. The van der Waals surface area contributed by atoms with Crippen LogP contribution in [-0.4, -0.2) is 41.4 Å². The normalized spacial score (nSPS) is 19.0. The lowest BCUT2D eigenvalue weighted by molar-refractivity contribution is 0.150. The summed E-state index contributed by atoms with van der Waals surface area (Å²) in [6.07, 6.45) is 4.08. The Balaban J connectivity index is 2.04. The highest BCUT2D eigenvalue weighted by molar-refractivity contribution is 9.10. The predicted molar refractivity (Wildman–Crippen MR) is 85.2 cm³/mol. The SMILES string of the molecule is CCn1ncc(NCC2(C)CCN(C)CC2)c(Br)c1=O. The molecule has 1 aliphatic rings. The zero-order valence-corrected chi connectivity index (χ0v) is 14.0. The fourth-order valence-corrected chi connectivity index (χ4v) is 2.90. The quantitative estimate of drug-likeness (QED) is 0.910. The number of nitrogens with one attached hydrogen (secondary N) is 1. The second-order valence-electron chi connectivity index (χ2n) is 5.96. The van der Waals surface area contributed by atoms with Gasteiger partial charge in [0.05, 0.1) is 11.9 Å².